The molecule has 3 aliphatic carbocycles. The molecule has 20 heavy (non-hydrogen) atoms. The highest BCUT2D eigenvalue weighted by molar-refractivity contribution is 5.79. The Morgan fingerprint density at radius 1 is 1.20 bits per heavy atom. The highest BCUT2D eigenvalue weighted by atomic mass is 16.4. The minimum atomic E-state index is -0.826. The fraction of sp³-hybridized carbons (Fsp3) is 0.312. The van der Waals surface area contributed by atoms with Gasteiger partial charge in [-0.05, 0) is 36.6 Å². The Labute approximate surface area is 116 Å². The summed E-state index contributed by atoms with van der Waals surface area (Å²) in [7, 11) is 0. The van der Waals surface area contributed by atoms with E-state index in [2.05, 4.69) is 22.1 Å². The van der Waals surface area contributed by atoms with Crippen LogP contribution < -0.4 is 0 Å². The van der Waals surface area contributed by atoms with Gasteiger partial charge in [-0.25, -0.2) is 0 Å². The molecule has 5 rings (SSSR count). The molecule has 1 unspecified atom stereocenters. The fourth-order valence-corrected chi connectivity index (χ4v) is 3.80. The minimum Gasteiger partial charge on any atom is -0.481 e. The number of hydrogen-bond acceptors (Lipinski definition) is 3. The second-order valence-electron chi connectivity index (χ2n) is 5.87. The Morgan fingerprint density at radius 2 is 1.75 bits per heavy atom. The summed E-state index contributed by atoms with van der Waals surface area (Å²) >= 11 is 0. The number of carboxylic acid groups (broad SMARTS) is 1. The fourth-order valence-electron chi connectivity index (χ4n) is 3.80. The average Bonchev–Trinajstić information content (AvgIpc) is 2.47. The van der Waals surface area contributed by atoms with Crippen LogP contribution in [-0.2, 0) is 4.79 Å². The highest BCUT2D eigenvalue weighted by Gasteiger charge is 2.55. The van der Waals surface area contributed by atoms with Gasteiger partial charge in [0.25, 0.3) is 0 Å². The van der Waals surface area contributed by atoms with Crippen molar-refractivity contribution in [1.82, 2.24) is 9.97 Å². The predicted molar refractivity (Wildman–Crippen MR) is 72.5 cm³/mol. The van der Waals surface area contributed by atoms with Crippen molar-refractivity contribution in [2.45, 2.75) is 25.2 Å². The zero-order valence-electron chi connectivity index (χ0n) is 11.1. The van der Waals surface area contributed by atoms with Crippen molar-refractivity contribution in [1.29, 1.82) is 0 Å². The molecule has 0 saturated carbocycles. The first-order chi connectivity index (χ1) is 9.63. The van der Waals surface area contributed by atoms with Crippen LogP contribution in [0.2, 0.25) is 0 Å². The first-order valence-electron chi connectivity index (χ1n) is 6.76. The van der Waals surface area contributed by atoms with Crippen LogP contribution in [-0.4, -0.2) is 21.0 Å². The topological polar surface area (TPSA) is 63.1 Å². The number of nitrogens with zero attached hydrogens (tertiary/aromatic N) is 2. The maximum Gasteiger partial charge on any atom is 0.310 e. The van der Waals surface area contributed by atoms with Gasteiger partial charge in [0.05, 0.1) is 22.7 Å². The zero-order chi connectivity index (χ0) is 13.9. The van der Waals surface area contributed by atoms with Crippen molar-refractivity contribution in [2.24, 2.45) is 5.41 Å². The average molecular weight is 266 g/mol. The lowest BCUT2D eigenvalue weighted by molar-refractivity contribution is -0.150. The summed E-state index contributed by atoms with van der Waals surface area (Å²) in [5.41, 5.74) is 3.28. The SMILES string of the molecule is CC1(C(=O)O)CC2c3cccnc3C1c1ncccc12. The number of aliphatic carboxylic acids is 1. The molecule has 2 aromatic heterocycles. The molecule has 2 aromatic rings. The van der Waals surface area contributed by atoms with Crippen LogP contribution in [0.4, 0.5) is 0 Å². The zero-order valence-corrected chi connectivity index (χ0v) is 11.1. The van der Waals surface area contributed by atoms with Gasteiger partial charge in [0.15, 0.2) is 0 Å². The largest absolute Gasteiger partial charge is 0.481 e. The van der Waals surface area contributed by atoms with E-state index in [1.54, 1.807) is 12.4 Å². The van der Waals surface area contributed by atoms with Crippen molar-refractivity contribution in [2.75, 3.05) is 0 Å². The summed E-state index contributed by atoms with van der Waals surface area (Å²) in [6.07, 6.45) is 4.10. The first-order valence-corrected chi connectivity index (χ1v) is 6.76. The Balaban J connectivity index is 2.05. The van der Waals surface area contributed by atoms with E-state index in [9.17, 15) is 9.90 Å². The van der Waals surface area contributed by atoms with Crippen LogP contribution in [0.15, 0.2) is 36.7 Å². The summed E-state index contributed by atoms with van der Waals surface area (Å²) in [5.74, 6) is -0.925. The number of hydrogen-bond donors (Lipinski definition) is 1. The number of pyridine rings is 2. The van der Waals surface area contributed by atoms with Crippen LogP contribution in [0, 0.1) is 5.41 Å². The van der Waals surface area contributed by atoms with Crippen LogP contribution in [0.5, 0.6) is 0 Å². The second kappa shape index (κ2) is 3.66. The molecule has 0 amide bonds. The molecule has 1 N–H and O–H groups in total. The van der Waals surface area contributed by atoms with E-state index in [4.69, 9.17) is 0 Å². The number of fused-ring (bicyclic) bond motifs is 1. The Kier molecular flexibility index (Phi) is 2.12. The lowest BCUT2D eigenvalue weighted by Crippen LogP contribution is -2.45. The molecular formula is C16H14N2O2. The van der Waals surface area contributed by atoms with E-state index in [1.165, 1.54) is 0 Å². The summed E-state index contributed by atoms with van der Waals surface area (Å²) in [5, 5.41) is 9.72. The number of carbonyl (C=O) groups is 1. The molecule has 4 nitrogen and oxygen atoms in total. The monoisotopic (exact) mass is 266 g/mol. The lowest BCUT2D eigenvalue weighted by atomic mass is 9.55. The first kappa shape index (κ1) is 11.6. The van der Waals surface area contributed by atoms with Gasteiger partial charge in [-0.15, -0.1) is 0 Å². The molecule has 0 saturated heterocycles. The van der Waals surface area contributed by atoms with Crippen molar-refractivity contribution >= 4 is 5.97 Å². The van der Waals surface area contributed by atoms with Gasteiger partial charge in [0.1, 0.15) is 0 Å². The molecule has 0 aliphatic heterocycles. The third kappa shape index (κ3) is 1.24. The molecule has 2 bridgehead atoms. The van der Waals surface area contributed by atoms with Crippen LogP contribution in [0.3, 0.4) is 0 Å². The van der Waals surface area contributed by atoms with Gasteiger partial charge in [0, 0.05) is 18.3 Å². The van der Waals surface area contributed by atoms with Crippen molar-refractivity contribution in [3.63, 3.8) is 0 Å². The Morgan fingerprint density at radius 3 is 2.25 bits per heavy atom. The molecule has 3 aliphatic rings. The normalized spacial score (nSPS) is 29.6. The summed E-state index contributed by atoms with van der Waals surface area (Å²) < 4.78 is 0. The van der Waals surface area contributed by atoms with Gasteiger partial charge in [-0.2, -0.15) is 0 Å². The van der Waals surface area contributed by atoms with E-state index in [0.29, 0.717) is 6.42 Å². The van der Waals surface area contributed by atoms with Crippen LogP contribution in [0.25, 0.3) is 0 Å². The summed E-state index contributed by atoms with van der Waals surface area (Å²) in [4.78, 5) is 20.8. The van der Waals surface area contributed by atoms with Crippen molar-refractivity contribution < 1.29 is 9.90 Å². The summed E-state index contributed by atoms with van der Waals surface area (Å²) in [6, 6.07) is 7.98. The van der Waals surface area contributed by atoms with E-state index in [0.717, 1.165) is 22.5 Å². The van der Waals surface area contributed by atoms with Crippen molar-refractivity contribution in [3.8, 4) is 0 Å². The third-order valence-electron chi connectivity index (χ3n) is 4.79. The second-order valence-corrected chi connectivity index (χ2v) is 5.87. The van der Waals surface area contributed by atoms with Gasteiger partial charge in [-0.1, -0.05) is 12.1 Å². The van der Waals surface area contributed by atoms with E-state index < -0.39 is 11.4 Å². The molecule has 1 atom stereocenters. The molecule has 0 spiro atoms. The maximum absolute atomic E-state index is 11.8. The van der Waals surface area contributed by atoms with E-state index >= 15 is 0 Å². The maximum atomic E-state index is 11.8. The van der Waals surface area contributed by atoms with Gasteiger partial charge in [0.2, 0.25) is 0 Å². The minimum absolute atomic E-state index is 0.0912. The molecule has 0 radical (unpaired) electrons. The molecule has 100 valence electrons. The molecule has 0 aromatic carbocycles. The lowest BCUT2D eigenvalue weighted by Gasteiger charge is -2.47. The van der Waals surface area contributed by atoms with Gasteiger partial charge >= 0.3 is 5.97 Å². The molecule has 0 fully saturated rings. The molecular weight excluding hydrogens is 252 g/mol. The quantitative estimate of drug-likeness (QED) is 0.861. The Hall–Kier alpha value is -2.23. The van der Waals surface area contributed by atoms with Gasteiger partial charge < -0.3 is 5.11 Å². The van der Waals surface area contributed by atoms with Gasteiger partial charge in [-0.3, -0.25) is 14.8 Å². The van der Waals surface area contributed by atoms with Crippen LogP contribution in [0.1, 0.15) is 47.7 Å². The highest BCUT2D eigenvalue weighted by Crippen LogP contribution is 2.59. The van der Waals surface area contributed by atoms with Crippen LogP contribution >= 0.6 is 0 Å². The number of carboxylic acids is 1. The number of aromatic nitrogens is 2. The Bertz CT molecular complexity index is 680. The predicted octanol–water partition coefficient (Wildman–Crippen LogP) is 2.55. The van der Waals surface area contributed by atoms with E-state index in [1.807, 2.05) is 19.1 Å². The third-order valence-corrected chi connectivity index (χ3v) is 4.79. The standard InChI is InChI=1S/C16H14N2O2/c1-16(15(19)20)8-11-9-4-2-6-17-13(9)12(16)14-10(11)5-3-7-18-14/h2-7,11-12H,8H2,1H3,(H,19,20). The summed E-state index contributed by atoms with van der Waals surface area (Å²) in [6.45, 7) is 1.82. The smallest absolute Gasteiger partial charge is 0.310 e. The van der Waals surface area contributed by atoms with Crippen molar-refractivity contribution in [3.05, 3.63) is 59.2 Å². The molecule has 4 heteroatoms. The van der Waals surface area contributed by atoms with E-state index in [-0.39, 0.29) is 11.8 Å². The molecule has 2 heterocycles. The number of rotatable bonds is 1.